The van der Waals surface area contributed by atoms with Gasteiger partial charge in [-0.2, -0.15) is 20.4 Å². The standard InChI is InChI=1S/C10H11N5OS/c1-15-4-5-17-10(15)11-9(16)8-7(6-2-3-6)12-14-13-8/h4-6H,2-3H2,1H3,(H,12,13,14). The number of hydrogen-bond donors (Lipinski definition) is 1. The number of thiazole rings is 1. The predicted molar refractivity (Wildman–Crippen MR) is 61.5 cm³/mol. The number of amides is 1. The summed E-state index contributed by atoms with van der Waals surface area (Å²) < 4.78 is 1.81. The minimum absolute atomic E-state index is 0.321. The van der Waals surface area contributed by atoms with Gasteiger partial charge in [-0.3, -0.25) is 4.79 Å². The first-order valence-electron chi connectivity index (χ1n) is 5.35. The molecule has 2 aromatic heterocycles. The molecule has 1 fully saturated rings. The maximum absolute atomic E-state index is 12.0. The van der Waals surface area contributed by atoms with Gasteiger partial charge in [0.2, 0.25) is 0 Å². The van der Waals surface area contributed by atoms with Gasteiger partial charge < -0.3 is 4.57 Å². The van der Waals surface area contributed by atoms with Gasteiger partial charge in [0.05, 0.1) is 5.69 Å². The molecule has 1 saturated carbocycles. The van der Waals surface area contributed by atoms with E-state index in [9.17, 15) is 4.79 Å². The minimum Gasteiger partial charge on any atom is -0.327 e. The SMILES string of the molecule is Cn1ccsc1=NC(=O)c1n[nH]nc1C1CC1. The van der Waals surface area contributed by atoms with Crippen LogP contribution < -0.4 is 4.80 Å². The average Bonchev–Trinajstić information content (AvgIpc) is 2.90. The monoisotopic (exact) mass is 249 g/mol. The van der Waals surface area contributed by atoms with E-state index in [0.29, 0.717) is 16.4 Å². The fourth-order valence-electron chi connectivity index (χ4n) is 1.61. The van der Waals surface area contributed by atoms with Gasteiger partial charge in [0.25, 0.3) is 0 Å². The molecule has 1 aliphatic carbocycles. The number of H-pyrrole nitrogens is 1. The Kier molecular flexibility index (Phi) is 2.40. The molecule has 0 spiro atoms. The zero-order valence-electron chi connectivity index (χ0n) is 9.25. The van der Waals surface area contributed by atoms with Crippen LogP contribution >= 0.6 is 11.3 Å². The lowest BCUT2D eigenvalue weighted by Gasteiger charge is -1.93. The lowest BCUT2D eigenvalue weighted by Crippen LogP contribution is -2.13. The minimum atomic E-state index is -0.321. The molecule has 3 rings (SSSR count). The molecule has 0 aromatic carbocycles. The Labute approximate surface area is 101 Å². The van der Waals surface area contributed by atoms with E-state index in [0.717, 1.165) is 18.5 Å². The van der Waals surface area contributed by atoms with Crippen molar-refractivity contribution in [3.8, 4) is 0 Å². The highest BCUT2D eigenvalue weighted by molar-refractivity contribution is 7.07. The second-order valence-corrected chi connectivity index (χ2v) is 4.92. The predicted octanol–water partition coefficient (Wildman–Crippen LogP) is 0.823. The molecule has 0 bridgehead atoms. The van der Waals surface area contributed by atoms with Crippen LogP contribution in [0.3, 0.4) is 0 Å². The molecule has 1 amide bonds. The second kappa shape index (κ2) is 3.92. The summed E-state index contributed by atoms with van der Waals surface area (Å²) in [7, 11) is 1.85. The van der Waals surface area contributed by atoms with Crippen molar-refractivity contribution < 1.29 is 4.79 Å². The number of carbonyl (C=O) groups is 1. The van der Waals surface area contributed by atoms with Crippen molar-refractivity contribution >= 4 is 17.2 Å². The third-order valence-electron chi connectivity index (χ3n) is 2.70. The lowest BCUT2D eigenvalue weighted by molar-refractivity contribution is 0.0992. The molecule has 7 heteroatoms. The van der Waals surface area contributed by atoms with Crippen LogP contribution in [0.1, 0.15) is 34.9 Å². The topological polar surface area (TPSA) is 75.9 Å². The molecule has 0 saturated heterocycles. The highest BCUT2D eigenvalue weighted by Crippen LogP contribution is 2.39. The number of aryl methyl sites for hydroxylation is 1. The summed E-state index contributed by atoms with van der Waals surface area (Å²) in [5.41, 5.74) is 1.12. The van der Waals surface area contributed by atoms with Crippen molar-refractivity contribution in [2.24, 2.45) is 12.0 Å². The van der Waals surface area contributed by atoms with Crippen LogP contribution in [0.5, 0.6) is 0 Å². The van der Waals surface area contributed by atoms with Crippen molar-refractivity contribution in [3.63, 3.8) is 0 Å². The zero-order valence-corrected chi connectivity index (χ0v) is 10.1. The van der Waals surface area contributed by atoms with Crippen molar-refractivity contribution in [1.82, 2.24) is 20.0 Å². The lowest BCUT2D eigenvalue weighted by atomic mass is 10.2. The Morgan fingerprint density at radius 3 is 3.06 bits per heavy atom. The molecule has 6 nitrogen and oxygen atoms in total. The Balaban J connectivity index is 1.97. The normalized spacial score (nSPS) is 16.4. The summed E-state index contributed by atoms with van der Waals surface area (Å²) in [6.45, 7) is 0. The van der Waals surface area contributed by atoms with Crippen molar-refractivity contribution in [1.29, 1.82) is 0 Å². The molecule has 1 N–H and O–H groups in total. The molecule has 88 valence electrons. The number of aromatic nitrogens is 4. The van der Waals surface area contributed by atoms with E-state index in [1.807, 2.05) is 18.6 Å². The van der Waals surface area contributed by atoms with Gasteiger partial charge in [0, 0.05) is 24.5 Å². The fraction of sp³-hybridized carbons (Fsp3) is 0.400. The summed E-state index contributed by atoms with van der Waals surface area (Å²) in [5.74, 6) is 0.0682. The molecule has 0 atom stereocenters. The Morgan fingerprint density at radius 2 is 2.41 bits per heavy atom. The average molecular weight is 249 g/mol. The molecule has 0 radical (unpaired) electrons. The molecular formula is C10H11N5OS. The number of rotatable bonds is 2. The van der Waals surface area contributed by atoms with Crippen LogP contribution in [0, 0.1) is 0 Å². The maximum atomic E-state index is 12.0. The van der Waals surface area contributed by atoms with Crippen LogP contribution in [-0.4, -0.2) is 25.9 Å². The van der Waals surface area contributed by atoms with E-state index in [4.69, 9.17) is 0 Å². The van der Waals surface area contributed by atoms with Crippen molar-refractivity contribution in [2.75, 3.05) is 0 Å². The highest BCUT2D eigenvalue weighted by Gasteiger charge is 2.31. The Hall–Kier alpha value is -1.76. The van der Waals surface area contributed by atoms with Crippen LogP contribution in [0.15, 0.2) is 16.6 Å². The first-order valence-corrected chi connectivity index (χ1v) is 6.23. The molecule has 2 aromatic rings. The first-order chi connectivity index (χ1) is 8.25. The van der Waals surface area contributed by atoms with Gasteiger partial charge in [-0.15, -0.1) is 11.3 Å². The van der Waals surface area contributed by atoms with Crippen LogP contribution in [0.25, 0.3) is 0 Å². The largest absolute Gasteiger partial charge is 0.327 e. The second-order valence-electron chi connectivity index (χ2n) is 4.05. The van der Waals surface area contributed by atoms with Crippen LogP contribution in [0.4, 0.5) is 0 Å². The van der Waals surface area contributed by atoms with Crippen molar-refractivity contribution in [2.45, 2.75) is 18.8 Å². The smallest absolute Gasteiger partial charge is 0.302 e. The van der Waals surface area contributed by atoms with Gasteiger partial charge in [-0.05, 0) is 12.8 Å². The number of hydrogen-bond acceptors (Lipinski definition) is 4. The van der Waals surface area contributed by atoms with Crippen LogP contribution in [-0.2, 0) is 7.05 Å². The molecule has 0 aliphatic heterocycles. The van der Waals surface area contributed by atoms with Gasteiger partial charge in [0.1, 0.15) is 0 Å². The van der Waals surface area contributed by atoms with E-state index >= 15 is 0 Å². The summed E-state index contributed by atoms with van der Waals surface area (Å²) in [6.07, 6.45) is 4.03. The third-order valence-corrected chi connectivity index (χ3v) is 3.55. The fourth-order valence-corrected chi connectivity index (χ4v) is 2.34. The highest BCUT2D eigenvalue weighted by atomic mass is 32.1. The molecule has 0 unspecified atom stereocenters. The number of nitrogens with zero attached hydrogens (tertiary/aromatic N) is 4. The molecule has 2 heterocycles. The first kappa shape index (κ1) is 10.4. The summed E-state index contributed by atoms with van der Waals surface area (Å²) in [6, 6.07) is 0. The summed E-state index contributed by atoms with van der Waals surface area (Å²) in [4.78, 5) is 16.7. The van der Waals surface area contributed by atoms with E-state index in [1.54, 1.807) is 4.57 Å². The zero-order chi connectivity index (χ0) is 11.8. The summed E-state index contributed by atoms with van der Waals surface area (Å²) >= 11 is 1.42. The van der Waals surface area contributed by atoms with Gasteiger partial charge >= 0.3 is 5.91 Å². The summed E-state index contributed by atoms with van der Waals surface area (Å²) in [5, 5.41) is 12.3. The number of carbonyl (C=O) groups excluding carboxylic acids is 1. The number of aromatic amines is 1. The van der Waals surface area contributed by atoms with E-state index in [2.05, 4.69) is 20.4 Å². The van der Waals surface area contributed by atoms with E-state index < -0.39 is 0 Å². The van der Waals surface area contributed by atoms with Crippen molar-refractivity contribution in [3.05, 3.63) is 27.8 Å². The van der Waals surface area contributed by atoms with Gasteiger partial charge in [-0.25, -0.2) is 0 Å². The molecular weight excluding hydrogens is 238 g/mol. The van der Waals surface area contributed by atoms with E-state index in [-0.39, 0.29) is 5.91 Å². The Bertz CT molecular complexity index is 618. The molecule has 17 heavy (non-hydrogen) atoms. The molecule has 1 aliphatic rings. The maximum Gasteiger partial charge on any atom is 0.302 e. The van der Waals surface area contributed by atoms with Crippen LogP contribution in [0.2, 0.25) is 0 Å². The number of nitrogens with one attached hydrogen (secondary N) is 1. The quantitative estimate of drug-likeness (QED) is 0.856. The third kappa shape index (κ3) is 1.93. The Morgan fingerprint density at radius 1 is 1.59 bits per heavy atom. The van der Waals surface area contributed by atoms with E-state index in [1.165, 1.54) is 11.3 Å². The van der Waals surface area contributed by atoms with Gasteiger partial charge in [-0.1, -0.05) is 0 Å². The van der Waals surface area contributed by atoms with Gasteiger partial charge in [0.15, 0.2) is 10.5 Å².